The van der Waals surface area contributed by atoms with Crippen molar-refractivity contribution in [3.63, 3.8) is 0 Å². The fourth-order valence-corrected chi connectivity index (χ4v) is 2.99. The quantitative estimate of drug-likeness (QED) is 0.785. The first-order chi connectivity index (χ1) is 12.7. The highest BCUT2D eigenvalue weighted by Gasteiger charge is 2.29. The van der Waals surface area contributed by atoms with Crippen molar-refractivity contribution in [3.8, 4) is 11.3 Å². The van der Waals surface area contributed by atoms with Crippen LogP contribution < -0.4 is 4.90 Å². The number of anilines is 1. The van der Waals surface area contributed by atoms with Crippen LogP contribution in [0.2, 0.25) is 0 Å². The summed E-state index contributed by atoms with van der Waals surface area (Å²) in [6.45, 7) is 0.933. The number of pyridine rings is 1. The van der Waals surface area contributed by atoms with Gasteiger partial charge in [-0.3, -0.25) is 19.7 Å². The summed E-state index contributed by atoms with van der Waals surface area (Å²) in [4.78, 5) is 32.4. The van der Waals surface area contributed by atoms with E-state index < -0.39 is 0 Å². The van der Waals surface area contributed by atoms with Crippen LogP contribution in [-0.4, -0.2) is 51.5 Å². The number of aromatic nitrogens is 3. The van der Waals surface area contributed by atoms with Gasteiger partial charge in [0.15, 0.2) is 0 Å². The second-order valence-corrected chi connectivity index (χ2v) is 6.02. The molecule has 0 spiro atoms. The number of hydrogen-bond donors (Lipinski definition) is 1. The summed E-state index contributed by atoms with van der Waals surface area (Å²) in [6.07, 6.45) is 3.31. The molecular weight excluding hydrogens is 330 g/mol. The molecule has 1 N–H and O–H groups in total. The summed E-state index contributed by atoms with van der Waals surface area (Å²) in [7, 11) is 0. The predicted molar refractivity (Wildman–Crippen MR) is 96.5 cm³/mol. The number of amides is 2. The highest BCUT2D eigenvalue weighted by Crippen LogP contribution is 2.19. The molecule has 1 aliphatic heterocycles. The first-order valence-electron chi connectivity index (χ1n) is 8.33. The van der Waals surface area contributed by atoms with E-state index in [-0.39, 0.29) is 18.4 Å². The Morgan fingerprint density at radius 2 is 1.92 bits per heavy atom. The van der Waals surface area contributed by atoms with Crippen molar-refractivity contribution in [2.24, 2.45) is 0 Å². The van der Waals surface area contributed by atoms with Gasteiger partial charge >= 0.3 is 0 Å². The van der Waals surface area contributed by atoms with Crippen molar-refractivity contribution < 1.29 is 9.59 Å². The van der Waals surface area contributed by atoms with Gasteiger partial charge in [-0.25, -0.2) is 0 Å². The lowest BCUT2D eigenvalue weighted by molar-refractivity contribution is -0.120. The summed E-state index contributed by atoms with van der Waals surface area (Å²) in [5.74, 6) is -0.348. The molecule has 7 nitrogen and oxygen atoms in total. The third-order valence-electron chi connectivity index (χ3n) is 4.34. The summed E-state index contributed by atoms with van der Waals surface area (Å²) < 4.78 is 0. The lowest BCUT2D eigenvalue weighted by Crippen LogP contribution is -2.52. The van der Waals surface area contributed by atoms with Crippen LogP contribution in [0, 0.1) is 0 Å². The number of rotatable bonds is 3. The lowest BCUT2D eigenvalue weighted by Gasteiger charge is -2.33. The Balaban J connectivity index is 1.47. The average molecular weight is 347 g/mol. The van der Waals surface area contributed by atoms with Gasteiger partial charge in [-0.2, -0.15) is 5.10 Å². The molecule has 1 aromatic carbocycles. The highest BCUT2D eigenvalue weighted by atomic mass is 16.2. The van der Waals surface area contributed by atoms with E-state index in [1.807, 2.05) is 36.4 Å². The Kier molecular flexibility index (Phi) is 4.18. The fourth-order valence-electron chi connectivity index (χ4n) is 2.99. The molecule has 1 aliphatic rings. The van der Waals surface area contributed by atoms with Crippen molar-refractivity contribution in [3.05, 3.63) is 66.6 Å². The molecule has 3 aromatic rings. The fraction of sp³-hybridized carbons (Fsp3) is 0.158. The SMILES string of the molecule is O=C(c1cc(-c2ccccc2)n[nH]1)N1CCN(c2cccnc2)C(=O)C1. The smallest absolute Gasteiger partial charge is 0.272 e. The topological polar surface area (TPSA) is 82.2 Å². The molecule has 2 amide bonds. The lowest BCUT2D eigenvalue weighted by atomic mass is 10.1. The number of H-pyrrole nitrogens is 1. The molecule has 0 saturated carbocycles. The van der Waals surface area contributed by atoms with Gasteiger partial charge in [0.1, 0.15) is 12.2 Å². The number of piperazine rings is 1. The summed E-state index contributed by atoms with van der Waals surface area (Å²) >= 11 is 0. The van der Waals surface area contributed by atoms with Crippen molar-refractivity contribution in [2.75, 3.05) is 24.5 Å². The van der Waals surface area contributed by atoms with E-state index in [0.29, 0.717) is 24.5 Å². The summed E-state index contributed by atoms with van der Waals surface area (Å²) in [6, 6.07) is 15.0. The predicted octanol–water partition coefficient (Wildman–Crippen LogP) is 1.96. The molecule has 1 saturated heterocycles. The van der Waals surface area contributed by atoms with E-state index >= 15 is 0 Å². The molecule has 0 aliphatic carbocycles. The number of aromatic amines is 1. The van der Waals surface area contributed by atoms with Crippen LogP contribution in [0.1, 0.15) is 10.5 Å². The molecule has 0 radical (unpaired) electrons. The Morgan fingerprint density at radius 3 is 2.65 bits per heavy atom. The number of carbonyl (C=O) groups is 2. The molecule has 7 heteroatoms. The molecule has 2 aromatic heterocycles. The van der Waals surface area contributed by atoms with Crippen molar-refractivity contribution in [1.29, 1.82) is 0 Å². The second kappa shape index (κ2) is 6.79. The number of nitrogens with zero attached hydrogens (tertiary/aromatic N) is 4. The molecule has 0 atom stereocenters. The standard InChI is InChI=1S/C19H17N5O2/c25-18-13-23(9-10-24(18)15-7-4-8-20-12-15)19(26)17-11-16(21-22-17)14-5-2-1-3-6-14/h1-8,11-12H,9-10,13H2,(H,21,22). The molecule has 4 rings (SSSR count). The van der Waals surface area contributed by atoms with Gasteiger partial charge in [0.2, 0.25) is 5.91 Å². The number of benzene rings is 1. The van der Waals surface area contributed by atoms with Crippen molar-refractivity contribution in [1.82, 2.24) is 20.1 Å². The molecule has 3 heterocycles. The third kappa shape index (κ3) is 3.06. The van der Waals surface area contributed by atoms with E-state index in [4.69, 9.17) is 0 Å². The maximum Gasteiger partial charge on any atom is 0.272 e. The van der Waals surface area contributed by atoms with Crippen LogP contribution in [0.5, 0.6) is 0 Å². The minimum absolute atomic E-state index is 0.0351. The van der Waals surface area contributed by atoms with E-state index in [1.165, 1.54) is 4.90 Å². The Labute approximate surface area is 150 Å². The van der Waals surface area contributed by atoms with Gasteiger partial charge < -0.3 is 9.80 Å². The molecule has 130 valence electrons. The number of nitrogens with one attached hydrogen (secondary N) is 1. The van der Waals surface area contributed by atoms with Crippen LogP contribution in [0.3, 0.4) is 0 Å². The van der Waals surface area contributed by atoms with Gasteiger partial charge in [-0.05, 0) is 18.2 Å². The van der Waals surface area contributed by atoms with Crippen LogP contribution in [0.15, 0.2) is 60.9 Å². The maximum absolute atomic E-state index is 12.7. The third-order valence-corrected chi connectivity index (χ3v) is 4.34. The minimum atomic E-state index is -0.223. The monoisotopic (exact) mass is 347 g/mol. The first-order valence-corrected chi connectivity index (χ1v) is 8.33. The zero-order chi connectivity index (χ0) is 17.9. The minimum Gasteiger partial charge on any atom is -0.326 e. The normalized spacial score (nSPS) is 14.5. The molecule has 26 heavy (non-hydrogen) atoms. The number of hydrogen-bond acceptors (Lipinski definition) is 4. The van der Waals surface area contributed by atoms with Gasteiger partial charge in [-0.15, -0.1) is 0 Å². The summed E-state index contributed by atoms with van der Waals surface area (Å²) in [5.41, 5.74) is 2.76. The van der Waals surface area contributed by atoms with E-state index in [2.05, 4.69) is 15.2 Å². The number of carbonyl (C=O) groups excluding carboxylic acids is 2. The second-order valence-electron chi connectivity index (χ2n) is 6.02. The largest absolute Gasteiger partial charge is 0.326 e. The molecule has 0 unspecified atom stereocenters. The van der Waals surface area contributed by atoms with Crippen LogP contribution in [0.25, 0.3) is 11.3 Å². The Bertz CT molecular complexity index is 923. The molecule has 0 bridgehead atoms. The summed E-state index contributed by atoms with van der Waals surface area (Å²) in [5, 5.41) is 6.99. The molecule has 1 fully saturated rings. The van der Waals surface area contributed by atoms with Crippen molar-refractivity contribution >= 4 is 17.5 Å². The van der Waals surface area contributed by atoms with Crippen LogP contribution >= 0.6 is 0 Å². The van der Waals surface area contributed by atoms with E-state index in [1.54, 1.807) is 29.4 Å². The zero-order valence-electron chi connectivity index (χ0n) is 14.0. The van der Waals surface area contributed by atoms with Crippen LogP contribution in [-0.2, 0) is 4.79 Å². The Morgan fingerprint density at radius 1 is 1.08 bits per heavy atom. The van der Waals surface area contributed by atoms with E-state index in [9.17, 15) is 9.59 Å². The molecular formula is C19H17N5O2. The van der Waals surface area contributed by atoms with Crippen molar-refractivity contribution in [2.45, 2.75) is 0 Å². The van der Waals surface area contributed by atoms with E-state index in [0.717, 1.165) is 11.3 Å². The van der Waals surface area contributed by atoms with Gasteiger partial charge in [-0.1, -0.05) is 30.3 Å². The average Bonchev–Trinajstić information content (AvgIpc) is 3.19. The van der Waals surface area contributed by atoms with Gasteiger partial charge in [0, 0.05) is 24.8 Å². The van der Waals surface area contributed by atoms with Crippen LogP contribution in [0.4, 0.5) is 5.69 Å². The maximum atomic E-state index is 12.7. The zero-order valence-corrected chi connectivity index (χ0v) is 14.0. The highest BCUT2D eigenvalue weighted by molar-refractivity contribution is 6.01. The Hall–Kier alpha value is -3.48. The van der Waals surface area contributed by atoms with Gasteiger partial charge in [0.25, 0.3) is 5.91 Å². The van der Waals surface area contributed by atoms with Gasteiger partial charge in [0.05, 0.1) is 17.6 Å². The first kappa shape index (κ1) is 16.0.